The molecule has 0 saturated carbocycles. The number of rotatable bonds is 5. The van der Waals surface area contributed by atoms with Crippen LogP contribution in [-0.4, -0.2) is 26.2 Å². The molecule has 0 radical (unpaired) electrons. The highest BCUT2D eigenvalue weighted by Gasteiger charge is 2.35. The minimum atomic E-state index is -5.31. The first kappa shape index (κ1) is 10.3. The largest absolute Gasteiger partial charge is 0.463 e. The minimum Gasteiger partial charge on any atom is -0.463 e. The van der Waals surface area contributed by atoms with Crippen LogP contribution < -0.4 is 4.72 Å². The van der Waals surface area contributed by atoms with Gasteiger partial charge in [-0.3, -0.25) is 4.72 Å². The normalized spacial score (nSPS) is 28.4. The lowest BCUT2D eigenvalue weighted by Gasteiger charge is -2.24. The summed E-state index contributed by atoms with van der Waals surface area (Å²) in [7, 11) is -5.31. The van der Waals surface area contributed by atoms with Gasteiger partial charge in [-0.25, -0.2) is 17.6 Å². The summed E-state index contributed by atoms with van der Waals surface area (Å²) in [5.74, 6) is -2.84. The van der Waals surface area contributed by atoms with Gasteiger partial charge in [0.15, 0.2) is 0 Å². The van der Waals surface area contributed by atoms with Crippen LogP contribution in [0.3, 0.4) is 0 Å². The number of allylic oxidation sites excluding steroid dienone is 1. The van der Waals surface area contributed by atoms with Crippen molar-refractivity contribution in [1.29, 1.82) is 0 Å². The van der Waals surface area contributed by atoms with E-state index in [2.05, 4.69) is 0 Å². The molecule has 0 bridgehead atoms. The molecule has 0 fully saturated rings. The van der Waals surface area contributed by atoms with Gasteiger partial charge in [0.1, 0.15) is 11.0 Å². The van der Waals surface area contributed by atoms with E-state index in [0.717, 1.165) is 0 Å². The number of nitrogens with one attached hydrogen (secondary N) is 1. The number of sulfonamides is 1. The molecule has 0 heterocycles. The van der Waals surface area contributed by atoms with Crippen molar-refractivity contribution in [2.45, 2.75) is 31.4 Å². The molecule has 1 N–H and O–H groups in total. The average molecular weight is 369 g/mol. The van der Waals surface area contributed by atoms with Crippen molar-refractivity contribution in [2.75, 3.05) is 11.3 Å². The molecular weight excluding hydrogens is 345 g/mol. The van der Waals surface area contributed by atoms with E-state index >= 15 is 0 Å². The molecule has 5 nitrogen and oxygen atoms in total. The van der Waals surface area contributed by atoms with Gasteiger partial charge in [0.2, 0.25) is 10.0 Å². The van der Waals surface area contributed by atoms with Crippen LogP contribution in [0.1, 0.15) is 35.7 Å². The summed E-state index contributed by atoms with van der Waals surface area (Å²) in [5.41, 5.74) is -1.97. The van der Waals surface area contributed by atoms with E-state index in [1.54, 1.807) is 4.72 Å². The second kappa shape index (κ2) is 7.31. The molecule has 126 valence electrons. The number of hydrogen-bond acceptors (Lipinski definition) is 4. The Morgan fingerprint density at radius 3 is 3.09 bits per heavy atom. The van der Waals surface area contributed by atoms with E-state index in [-0.39, 0.29) is 13.0 Å². The monoisotopic (exact) mass is 368 g/mol. The second-order valence-corrected chi connectivity index (χ2v) is 6.26. The van der Waals surface area contributed by atoms with E-state index in [1.165, 1.54) is 6.92 Å². The Labute approximate surface area is 149 Å². The van der Waals surface area contributed by atoms with Gasteiger partial charge in [-0.2, -0.15) is 0 Å². The summed E-state index contributed by atoms with van der Waals surface area (Å²) in [4.78, 5) is 12.3. The minimum absolute atomic E-state index is 0.229. The maximum Gasteiger partial charge on any atom is 0.335 e. The van der Waals surface area contributed by atoms with Crippen molar-refractivity contribution >= 4 is 33.3 Å². The number of ether oxygens (including phenoxy) is 1. The predicted molar refractivity (Wildman–Crippen MR) is 86.3 cm³/mol. The number of hydrogen-bond donors (Lipinski definition) is 1. The van der Waals surface area contributed by atoms with Gasteiger partial charge in [-0.1, -0.05) is 17.7 Å². The van der Waals surface area contributed by atoms with E-state index < -0.39 is 80.3 Å². The molecule has 1 aromatic rings. The van der Waals surface area contributed by atoms with Gasteiger partial charge in [-0.05, 0) is 44.3 Å². The highest BCUT2D eigenvalue weighted by atomic mass is 35.5. The molecule has 0 unspecified atom stereocenters. The molecule has 23 heavy (non-hydrogen) atoms. The van der Waals surface area contributed by atoms with Crippen molar-refractivity contribution in [2.24, 2.45) is 0 Å². The van der Waals surface area contributed by atoms with Gasteiger partial charge in [-0.15, -0.1) is 0 Å². The maximum absolute atomic E-state index is 13.8. The van der Waals surface area contributed by atoms with Gasteiger partial charge < -0.3 is 4.74 Å². The van der Waals surface area contributed by atoms with Crippen LogP contribution >= 0.6 is 11.6 Å². The van der Waals surface area contributed by atoms with Crippen molar-refractivity contribution in [3.63, 3.8) is 0 Å². The molecule has 0 amide bonds. The fourth-order valence-corrected chi connectivity index (χ4v) is 3.22. The average Bonchev–Trinajstić information content (AvgIpc) is 2.65. The Morgan fingerprint density at radius 1 is 1.65 bits per heavy atom. The zero-order valence-corrected chi connectivity index (χ0v) is 13.5. The van der Waals surface area contributed by atoms with Crippen molar-refractivity contribution in [1.82, 2.24) is 0 Å². The quantitative estimate of drug-likeness (QED) is 0.809. The standard InChI is InChI=1S/C15H17ClFNO4S/c1-2-22-15(19)11-5-3-4-6-14(11)23(20,21)18-13-8-7-10(17)9-12(13)16/h5,7-9,14,18H,2-4,6H2,1H3/t14-/m1/s1/i5D,6D2,7D,8D,9D,14D. The molecule has 1 aliphatic rings. The molecule has 1 aromatic carbocycles. The zero-order valence-electron chi connectivity index (χ0n) is 18.9. The summed E-state index contributed by atoms with van der Waals surface area (Å²) in [5, 5.41) is -4.28. The summed E-state index contributed by atoms with van der Waals surface area (Å²) < 4.78 is 102. The lowest BCUT2D eigenvalue weighted by atomic mass is 9.99. The molecule has 0 spiro atoms. The smallest absolute Gasteiger partial charge is 0.335 e. The van der Waals surface area contributed by atoms with Crippen LogP contribution in [0.15, 0.2) is 29.8 Å². The lowest BCUT2D eigenvalue weighted by molar-refractivity contribution is -0.138. The van der Waals surface area contributed by atoms with Gasteiger partial charge in [0.25, 0.3) is 0 Å². The summed E-state index contributed by atoms with van der Waals surface area (Å²) in [6, 6.07) is -3.88. The first-order valence-electron chi connectivity index (χ1n) is 9.98. The van der Waals surface area contributed by atoms with Crippen LogP contribution in [0.25, 0.3) is 0 Å². The van der Waals surface area contributed by atoms with Crippen LogP contribution in [0, 0.1) is 5.82 Å². The first-order chi connectivity index (χ1) is 13.6. The number of halogens is 2. The molecule has 0 saturated heterocycles. The highest BCUT2D eigenvalue weighted by Crippen LogP contribution is 2.30. The SMILES string of the molecule is [2H]C1=C(C(=O)OCC)[C@]([2H])(S(=O)(=O)Nc2c([2H])c([2H])c(F)c([2H])c2Cl)C([2H])([2H])CC1. The number of carbonyl (C=O) groups excluding carboxylic acids is 1. The molecule has 0 aromatic heterocycles. The third-order valence-electron chi connectivity index (χ3n) is 2.66. The summed E-state index contributed by atoms with van der Waals surface area (Å²) >= 11 is 5.76. The second-order valence-electron chi connectivity index (χ2n) is 4.26. The number of anilines is 1. The Balaban J connectivity index is 2.76. The fraction of sp³-hybridized carbons (Fsp3) is 0.400. The van der Waals surface area contributed by atoms with Crippen molar-refractivity contribution < 1.29 is 31.9 Å². The molecular formula is C15H17ClFNO4S. The van der Waals surface area contributed by atoms with Crippen LogP contribution in [-0.2, 0) is 19.6 Å². The van der Waals surface area contributed by atoms with Gasteiger partial charge in [0, 0.05) is 2.74 Å². The molecule has 1 aliphatic carbocycles. The first-order valence-corrected chi connectivity index (χ1v) is 8.34. The van der Waals surface area contributed by atoms with Crippen LogP contribution in [0.2, 0.25) is 5.02 Å². The summed E-state index contributed by atoms with van der Waals surface area (Å²) in [6.45, 7) is 1.17. The Morgan fingerprint density at radius 2 is 2.39 bits per heavy atom. The van der Waals surface area contributed by atoms with Crippen LogP contribution in [0.5, 0.6) is 0 Å². The predicted octanol–water partition coefficient (Wildman–Crippen LogP) is 3.26. The van der Waals surface area contributed by atoms with E-state index in [1.807, 2.05) is 0 Å². The summed E-state index contributed by atoms with van der Waals surface area (Å²) in [6.07, 6.45) is -3.79. The van der Waals surface area contributed by atoms with Crippen LogP contribution in [0.4, 0.5) is 10.1 Å². The number of carbonyl (C=O) groups is 1. The molecule has 2 rings (SSSR count). The Hall–Kier alpha value is -1.60. The lowest BCUT2D eigenvalue weighted by Crippen LogP contribution is -2.34. The van der Waals surface area contributed by atoms with E-state index in [4.69, 9.17) is 25.9 Å². The van der Waals surface area contributed by atoms with E-state index in [9.17, 15) is 17.6 Å². The molecule has 1 atom stereocenters. The van der Waals surface area contributed by atoms with Gasteiger partial charge >= 0.3 is 5.97 Å². The highest BCUT2D eigenvalue weighted by molar-refractivity contribution is 7.93. The van der Waals surface area contributed by atoms with Gasteiger partial charge in [0.05, 0.1) is 29.7 Å². The third-order valence-corrected chi connectivity index (χ3v) is 4.30. The zero-order chi connectivity index (χ0) is 23.2. The molecule has 0 aliphatic heterocycles. The maximum atomic E-state index is 13.8. The Kier molecular flexibility index (Phi) is 3.28. The van der Waals surface area contributed by atoms with Crippen molar-refractivity contribution in [3.8, 4) is 0 Å². The Bertz CT molecular complexity index is 1020. The van der Waals surface area contributed by atoms with Crippen molar-refractivity contribution in [3.05, 3.63) is 40.6 Å². The topological polar surface area (TPSA) is 72.5 Å². The fourth-order valence-electron chi connectivity index (χ4n) is 1.75. The van der Waals surface area contributed by atoms with E-state index in [0.29, 0.717) is 0 Å². The number of esters is 1. The number of benzene rings is 1. The third kappa shape index (κ3) is 4.23. The molecule has 8 heteroatoms.